The highest BCUT2D eigenvalue weighted by molar-refractivity contribution is 6.56. The van der Waals surface area contributed by atoms with Gasteiger partial charge in [-0.05, 0) is 30.3 Å². The molecule has 1 heterocycles. The van der Waals surface area contributed by atoms with Crippen LogP contribution in [0.5, 0.6) is 0 Å². The Morgan fingerprint density at radius 2 is 2.00 bits per heavy atom. The molecule has 5 heteroatoms. The molecule has 0 aliphatic carbocycles. The second kappa shape index (κ2) is 7.45. The van der Waals surface area contributed by atoms with E-state index in [4.69, 9.17) is 0 Å². The predicted octanol–water partition coefficient (Wildman–Crippen LogP) is 3.72. The molecule has 0 unspecified atom stereocenters. The van der Waals surface area contributed by atoms with Crippen LogP contribution in [0, 0.1) is 17.7 Å². The predicted molar refractivity (Wildman–Crippen MR) is 101 cm³/mol. The molecule has 25 heavy (non-hydrogen) atoms. The van der Waals surface area contributed by atoms with E-state index in [9.17, 15) is 9.18 Å². The number of nitrogens with zero attached hydrogens (tertiary/aromatic N) is 1. The standard InChI is InChI=1S/C20H18FN2OSi/c1-25(2)11-5-6-14-9-10-18-16(12-14)20(22-13-19(24)23-18)15-7-3-4-8-17(15)21/h3-4,7-10,12H,11,13H2,1-2H3,(H,23,24). The van der Waals surface area contributed by atoms with Crippen molar-refractivity contribution in [3.05, 3.63) is 65.0 Å². The summed E-state index contributed by atoms with van der Waals surface area (Å²) in [6, 6.07) is 12.9. The molecule has 3 nitrogen and oxygen atoms in total. The summed E-state index contributed by atoms with van der Waals surface area (Å²) in [5, 5.41) is 2.82. The molecule has 1 aliphatic rings. The Morgan fingerprint density at radius 3 is 2.76 bits per heavy atom. The van der Waals surface area contributed by atoms with Gasteiger partial charge in [-0.3, -0.25) is 9.79 Å². The number of hydrogen-bond donors (Lipinski definition) is 1. The molecule has 2 aromatic carbocycles. The summed E-state index contributed by atoms with van der Waals surface area (Å²) in [4.78, 5) is 16.3. The molecule has 1 aliphatic heterocycles. The first-order chi connectivity index (χ1) is 12.0. The van der Waals surface area contributed by atoms with Crippen molar-refractivity contribution in [2.75, 3.05) is 11.9 Å². The Kier molecular flexibility index (Phi) is 5.10. The van der Waals surface area contributed by atoms with Gasteiger partial charge in [-0.25, -0.2) is 4.39 Å². The van der Waals surface area contributed by atoms with Crippen molar-refractivity contribution in [1.29, 1.82) is 0 Å². The average Bonchev–Trinajstić information content (AvgIpc) is 2.73. The Balaban J connectivity index is 2.08. The molecule has 0 atom stereocenters. The topological polar surface area (TPSA) is 41.5 Å². The van der Waals surface area contributed by atoms with Gasteiger partial charge < -0.3 is 5.32 Å². The summed E-state index contributed by atoms with van der Waals surface area (Å²) in [5.41, 5.74) is 3.03. The second-order valence-electron chi connectivity index (χ2n) is 6.14. The van der Waals surface area contributed by atoms with Crippen LogP contribution in [-0.4, -0.2) is 27.0 Å². The van der Waals surface area contributed by atoms with Gasteiger partial charge in [0.15, 0.2) is 0 Å². The summed E-state index contributed by atoms with van der Waals surface area (Å²) in [7, 11) is -0.397. The molecule has 1 amide bonds. The van der Waals surface area contributed by atoms with E-state index in [2.05, 4.69) is 35.2 Å². The quantitative estimate of drug-likeness (QED) is 0.651. The summed E-state index contributed by atoms with van der Waals surface area (Å²) in [6.07, 6.45) is 0. The lowest BCUT2D eigenvalue weighted by Crippen LogP contribution is -2.13. The largest absolute Gasteiger partial charge is 0.324 e. The van der Waals surface area contributed by atoms with Gasteiger partial charge >= 0.3 is 0 Å². The van der Waals surface area contributed by atoms with E-state index in [-0.39, 0.29) is 18.3 Å². The molecule has 1 radical (unpaired) electrons. The van der Waals surface area contributed by atoms with Crippen LogP contribution in [0.1, 0.15) is 16.7 Å². The van der Waals surface area contributed by atoms with Crippen LogP contribution >= 0.6 is 0 Å². The number of carbonyl (C=O) groups excluding carboxylic acids is 1. The molecule has 1 N–H and O–H groups in total. The zero-order valence-electron chi connectivity index (χ0n) is 14.2. The fourth-order valence-corrected chi connectivity index (χ4v) is 3.00. The van der Waals surface area contributed by atoms with Crippen molar-refractivity contribution in [2.24, 2.45) is 4.99 Å². The van der Waals surface area contributed by atoms with Crippen LogP contribution in [0.2, 0.25) is 19.1 Å². The zero-order valence-corrected chi connectivity index (χ0v) is 15.2. The molecular weight excluding hydrogens is 331 g/mol. The van der Waals surface area contributed by atoms with Crippen molar-refractivity contribution in [2.45, 2.75) is 19.1 Å². The van der Waals surface area contributed by atoms with Crippen LogP contribution < -0.4 is 5.32 Å². The number of rotatable bonds is 2. The minimum atomic E-state index is -0.397. The third kappa shape index (κ3) is 4.04. The third-order valence-electron chi connectivity index (χ3n) is 3.73. The van der Waals surface area contributed by atoms with Crippen molar-refractivity contribution in [1.82, 2.24) is 0 Å². The van der Waals surface area contributed by atoms with E-state index >= 15 is 0 Å². The first-order valence-corrected chi connectivity index (χ1v) is 10.8. The van der Waals surface area contributed by atoms with Crippen LogP contribution in [0.4, 0.5) is 10.1 Å². The summed E-state index contributed by atoms with van der Waals surface area (Å²) < 4.78 is 14.3. The molecule has 125 valence electrons. The average molecular weight is 349 g/mol. The molecule has 0 bridgehead atoms. The van der Waals surface area contributed by atoms with Gasteiger partial charge in [0.2, 0.25) is 5.91 Å². The lowest BCUT2D eigenvalue weighted by Gasteiger charge is -2.11. The lowest BCUT2D eigenvalue weighted by molar-refractivity contribution is -0.114. The number of amides is 1. The Labute approximate surface area is 148 Å². The van der Waals surface area contributed by atoms with Crippen LogP contribution in [0.3, 0.4) is 0 Å². The van der Waals surface area contributed by atoms with Crippen molar-refractivity contribution in [3.8, 4) is 11.8 Å². The Bertz CT molecular complexity index is 909. The van der Waals surface area contributed by atoms with Crippen LogP contribution in [0.25, 0.3) is 0 Å². The molecule has 2 aromatic rings. The van der Waals surface area contributed by atoms with E-state index in [0.717, 1.165) is 11.6 Å². The fourth-order valence-electron chi connectivity index (χ4n) is 2.56. The Morgan fingerprint density at radius 1 is 1.20 bits per heavy atom. The number of benzodiazepines with no additional fused rings is 1. The number of aliphatic imine (C=N–C) groups is 1. The van der Waals surface area contributed by atoms with E-state index in [0.29, 0.717) is 22.5 Å². The summed E-state index contributed by atoms with van der Waals surface area (Å²) >= 11 is 0. The molecule has 0 saturated carbocycles. The first kappa shape index (κ1) is 17.1. The van der Waals surface area contributed by atoms with Gasteiger partial charge in [-0.1, -0.05) is 31.1 Å². The highest BCUT2D eigenvalue weighted by Gasteiger charge is 2.20. The number of carbonyl (C=O) groups is 1. The highest BCUT2D eigenvalue weighted by Crippen LogP contribution is 2.25. The second-order valence-corrected chi connectivity index (χ2v) is 8.91. The van der Waals surface area contributed by atoms with E-state index < -0.39 is 8.80 Å². The van der Waals surface area contributed by atoms with Gasteiger partial charge in [0, 0.05) is 22.7 Å². The smallest absolute Gasteiger partial charge is 0.246 e. The molecular formula is C20H18FN2OSi. The maximum absolute atomic E-state index is 14.3. The molecule has 3 rings (SSSR count). The third-order valence-corrected chi connectivity index (χ3v) is 4.62. The first-order valence-electron chi connectivity index (χ1n) is 8.06. The number of halogens is 1. The van der Waals surface area contributed by atoms with Crippen molar-refractivity contribution >= 4 is 26.1 Å². The minimum Gasteiger partial charge on any atom is -0.324 e. The van der Waals surface area contributed by atoms with Crippen molar-refractivity contribution < 1.29 is 9.18 Å². The van der Waals surface area contributed by atoms with Gasteiger partial charge in [0.05, 0.1) is 20.2 Å². The fraction of sp³-hybridized carbons (Fsp3) is 0.200. The maximum Gasteiger partial charge on any atom is 0.246 e. The van der Waals surface area contributed by atoms with E-state index in [1.807, 2.05) is 18.2 Å². The van der Waals surface area contributed by atoms with Crippen LogP contribution in [-0.2, 0) is 4.79 Å². The van der Waals surface area contributed by atoms with Crippen molar-refractivity contribution in [3.63, 3.8) is 0 Å². The zero-order chi connectivity index (χ0) is 17.8. The summed E-state index contributed by atoms with van der Waals surface area (Å²) in [6.45, 7) is 4.40. The molecule has 0 aromatic heterocycles. The molecule has 0 fully saturated rings. The van der Waals surface area contributed by atoms with Crippen LogP contribution in [0.15, 0.2) is 47.5 Å². The maximum atomic E-state index is 14.3. The number of fused-ring (bicyclic) bond motifs is 1. The van der Waals surface area contributed by atoms with Gasteiger partial charge in [-0.2, -0.15) is 0 Å². The normalized spacial score (nSPS) is 13.3. The molecule has 0 saturated heterocycles. The number of hydrogen-bond acceptors (Lipinski definition) is 2. The highest BCUT2D eigenvalue weighted by atomic mass is 28.3. The number of benzene rings is 2. The minimum absolute atomic E-state index is 0.0309. The number of nitrogens with one attached hydrogen (secondary N) is 1. The molecule has 0 spiro atoms. The Hall–Kier alpha value is -2.71. The number of anilines is 1. The van der Waals surface area contributed by atoms with E-state index in [1.165, 1.54) is 6.07 Å². The SMILES string of the molecule is C[Si](C)CC#Cc1ccc2c(c1)C(c1ccccc1F)=NCC(=O)N2. The van der Waals surface area contributed by atoms with Gasteiger partial charge in [-0.15, -0.1) is 5.92 Å². The van der Waals surface area contributed by atoms with E-state index in [1.54, 1.807) is 18.2 Å². The summed E-state index contributed by atoms with van der Waals surface area (Å²) in [5.74, 6) is 5.78. The lowest BCUT2D eigenvalue weighted by atomic mass is 9.98. The van der Waals surface area contributed by atoms with Gasteiger partial charge in [0.25, 0.3) is 0 Å². The monoisotopic (exact) mass is 349 g/mol. The van der Waals surface area contributed by atoms with Gasteiger partial charge in [0.1, 0.15) is 12.4 Å².